The molecule has 0 N–H and O–H groups in total. The highest BCUT2D eigenvalue weighted by Gasteiger charge is 2.20. The largest absolute Gasteiger partial charge is 0.490 e. The van der Waals surface area contributed by atoms with Crippen molar-refractivity contribution in [2.24, 2.45) is 5.92 Å². The second-order valence-electron chi connectivity index (χ2n) is 4.85. The molecule has 1 aromatic rings. The highest BCUT2D eigenvalue weighted by Crippen LogP contribution is 2.42. The summed E-state index contributed by atoms with van der Waals surface area (Å²) in [6, 6.07) is 4.10. The number of halogens is 2. The standard InChI is InChI=1S/C16H24Br2O2/c1-5-8-11(4)16(18)12-9-14(19-6-2)15(20-7-3)10-13(12)17/h9-11,16H,5-8H2,1-4H3. The zero-order valence-corrected chi connectivity index (χ0v) is 15.9. The summed E-state index contributed by atoms with van der Waals surface area (Å²) in [6.07, 6.45) is 2.38. The van der Waals surface area contributed by atoms with E-state index >= 15 is 0 Å². The average molecular weight is 408 g/mol. The van der Waals surface area contributed by atoms with Crippen molar-refractivity contribution in [3.05, 3.63) is 22.2 Å². The van der Waals surface area contributed by atoms with Gasteiger partial charge in [0.1, 0.15) is 0 Å². The topological polar surface area (TPSA) is 18.5 Å². The molecule has 0 spiro atoms. The molecule has 20 heavy (non-hydrogen) atoms. The quantitative estimate of drug-likeness (QED) is 0.483. The Bertz CT molecular complexity index is 421. The van der Waals surface area contributed by atoms with Crippen LogP contribution in [0.2, 0.25) is 0 Å². The van der Waals surface area contributed by atoms with Gasteiger partial charge in [-0.1, -0.05) is 52.1 Å². The summed E-state index contributed by atoms with van der Waals surface area (Å²) in [6.45, 7) is 9.73. The molecule has 0 heterocycles. The third-order valence-corrected chi connectivity index (χ3v) is 5.29. The van der Waals surface area contributed by atoms with Crippen molar-refractivity contribution in [3.8, 4) is 11.5 Å². The zero-order chi connectivity index (χ0) is 15.1. The molecule has 0 amide bonds. The van der Waals surface area contributed by atoms with E-state index in [1.165, 1.54) is 18.4 Å². The van der Waals surface area contributed by atoms with Gasteiger partial charge in [0.05, 0.1) is 13.2 Å². The second kappa shape index (κ2) is 8.93. The molecule has 0 saturated carbocycles. The molecule has 2 nitrogen and oxygen atoms in total. The molecule has 0 aromatic heterocycles. The van der Waals surface area contributed by atoms with E-state index in [0.29, 0.717) is 24.0 Å². The van der Waals surface area contributed by atoms with Crippen LogP contribution in [0.5, 0.6) is 11.5 Å². The number of alkyl halides is 1. The highest BCUT2D eigenvalue weighted by atomic mass is 79.9. The molecule has 1 rings (SSSR count). The molecule has 0 aliphatic rings. The fraction of sp³-hybridized carbons (Fsp3) is 0.625. The predicted molar refractivity (Wildman–Crippen MR) is 92.2 cm³/mol. The smallest absolute Gasteiger partial charge is 0.162 e. The van der Waals surface area contributed by atoms with Crippen molar-refractivity contribution >= 4 is 31.9 Å². The van der Waals surface area contributed by atoms with E-state index in [1.807, 2.05) is 19.9 Å². The van der Waals surface area contributed by atoms with E-state index in [-0.39, 0.29) is 0 Å². The lowest BCUT2D eigenvalue weighted by Crippen LogP contribution is -2.06. The maximum absolute atomic E-state index is 5.71. The van der Waals surface area contributed by atoms with Crippen LogP contribution < -0.4 is 9.47 Å². The van der Waals surface area contributed by atoms with Gasteiger partial charge in [0.25, 0.3) is 0 Å². The third-order valence-electron chi connectivity index (χ3n) is 3.20. The first-order valence-electron chi connectivity index (χ1n) is 7.28. The van der Waals surface area contributed by atoms with Gasteiger partial charge in [-0.3, -0.25) is 0 Å². The van der Waals surface area contributed by atoms with Gasteiger partial charge in [-0.25, -0.2) is 0 Å². The van der Waals surface area contributed by atoms with E-state index in [1.54, 1.807) is 0 Å². The summed E-state index contributed by atoms with van der Waals surface area (Å²) in [5.41, 5.74) is 1.22. The Labute approximate surface area is 139 Å². The molecule has 4 heteroatoms. The lowest BCUT2D eigenvalue weighted by atomic mass is 9.96. The Morgan fingerprint density at radius 2 is 1.60 bits per heavy atom. The average Bonchev–Trinajstić information content (AvgIpc) is 2.41. The van der Waals surface area contributed by atoms with Gasteiger partial charge in [-0.05, 0) is 43.9 Å². The van der Waals surface area contributed by atoms with Crippen molar-refractivity contribution < 1.29 is 9.47 Å². The Morgan fingerprint density at radius 3 is 2.10 bits per heavy atom. The second-order valence-corrected chi connectivity index (χ2v) is 6.70. The normalized spacial score (nSPS) is 13.9. The highest BCUT2D eigenvalue weighted by molar-refractivity contribution is 9.11. The molecule has 0 radical (unpaired) electrons. The van der Waals surface area contributed by atoms with Crippen LogP contribution in [0.15, 0.2) is 16.6 Å². The molecule has 0 aliphatic heterocycles. The first-order valence-corrected chi connectivity index (χ1v) is 8.99. The van der Waals surface area contributed by atoms with Gasteiger partial charge in [-0.15, -0.1) is 0 Å². The number of ether oxygens (including phenoxy) is 2. The Morgan fingerprint density at radius 1 is 1.05 bits per heavy atom. The number of hydrogen-bond donors (Lipinski definition) is 0. The summed E-state index contributed by atoms with van der Waals surface area (Å²) in [5, 5.41) is 0. The molecule has 0 saturated heterocycles. The maximum atomic E-state index is 5.71. The van der Waals surface area contributed by atoms with Crippen LogP contribution in [0.1, 0.15) is 50.9 Å². The van der Waals surface area contributed by atoms with Crippen LogP contribution in [0, 0.1) is 5.92 Å². The van der Waals surface area contributed by atoms with Crippen molar-refractivity contribution in [1.29, 1.82) is 0 Å². The van der Waals surface area contributed by atoms with E-state index in [9.17, 15) is 0 Å². The van der Waals surface area contributed by atoms with E-state index < -0.39 is 0 Å². The van der Waals surface area contributed by atoms with Crippen molar-refractivity contribution in [1.82, 2.24) is 0 Å². The Kier molecular flexibility index (Phi) is 7.96. The first-order chi connectivity index (χ1) is 9.54. The van der Waals surface area contributed by atoms with E-state index in [4.69, 9.17) is 9.47 Å². The van der Waals surface area contributed by atoms with Gasteiger partial charge in [0.2, 0.25) is 0 Å². The predicted octanol–water partition coefficient (Wildman–Crippen LogP) is 6.12. The van der Waals surface area contributed by atoms with Crippen molar-refractivity contribution in [3.63, 3.8) is 0 Å². The summed E-state index contributed by atoms with van der Waals surface area (Å²) >= 11 is 7.48. The number of hydrogen-bond acceptors (Lipinski definition) is 2. The monoisotopic (exact) mass is 406 g/mol. The van der Waals surface area contributed by atoms with E-state index in [2.05, 4.69) is 51.8 Å². The molecular formula is C16H24Br2O2. The minimum atomic E-state index is 0.312. The molecule has 2 atom stereocenters. The lowest BCUT2D eigenvalue weighted by molar-refractivity contribution is 0.287. The van der Waals surface area contributed by atoms with Crippen LogP contribution in [0.25, 0.3) is 0 Å². The van der Waals surface area contributed by atoms with Crippen molar-refractivity contribution in [2.75, 3.05) is 13.2 Å². The summed E-state index contributed by atoms with van der Waals surface area (Å²) in [5.74, 6) is 2.19. The Balaban J connectivity index is 3.10. The minimum absolute atomic E-state index is 0.312. The molecule has 0 fully saturated rings. The summed E-state index contributed by atoms with van der Waals surface area (Å²) in [7, 11) is 0. The van der Waals surface area contributed by atoms with Gasteiger partial charge in [0, 0.05) is 9.30 Å². The first kappa shape index (κ1) is 17.8. The molecule has 0 bridgehead atoms. The van der Waals surface area contributed by atoms with Crippen LogP contribution in [-0.4, -0.2) is 13.2 Å². The van der Waals surface area contributed by atoms with Gasteiger partial charge in [0.15, 0.2) is 11.5 Å². The van der Waals surface area contributed by atoms with Crippen LogP contribution >= 0.6 is 31.9 Å². The zero-order valence-electron chi connectivity index (χ0n) is 12.7. The lowest BCUT2D eigenvalue weighted by Gasteiger charge is -2.21. The van der Waals surface area contributed by atoms with E-state index in [0.717, 1.165) is 16.0 Å². The fourth-order valence-corrected chi connectivity index (χ4v) is 3.73. The minimum Gasteiger partial charge on any atom is -0.490 e. The Hall–Kier alpha value is -0.220. The van der Waals surface area contributed by atoms with Gasteiger partial charge >= 0.3 is 0 Å². The van der Waals surface area contributed by atoms with Crippen LogP contribution in [-0.2, 0) is 0 Å². The van der Waals surface area contributed by atoms with Crippen LogP contribution in [0.4, 0.5) is 0 Å². The SMILES string of the molecule is CCCC(C)C(Br)c1cc(OCC)c(OCC)cc1Br. The maximum Gasteiger partial charge on any atom is 0.162 e. The summed E-state index contributed by atoms with van der Waals surface area (Å²) < 4.78 is 12.4. The molecule has 1 aromatic carbocycles. The third kappa shape index (κ3) is 4.66. The molecule has 114 valence electrons. The molecule has 0 aliphatic carbocycles. The number of rotatable bonds is 8. The van der Waals surface area contributed by atoms with Crippen molar-refractivity contribution in [2.45, 2.75) is 45.4 Å². The molecule has 2 unspecified atom stereocenters. The molecular weight excluding hydrogens is 384 g/mol. The fourth-order valence-electron chi connectivity index (χ4n) is 2.21. The van der Waals surface area contributed by atoms with Gasteiger partial charge < -0.3 is 9.47 Å². The van der Waals surface area contributed by atoms with Crippen LogP contribution in [0.3, 0.4) is 0 Å². The number of benzene rings is 1. The van der Waals surface area contributed by atoms with Gasteiger partial charge in [-0.2, -0.15) is 0 Å². The summed E-state index contributed by atoms with van der Waals surface area (Å²) in [4.78, 5) is 0.312.